The Morgan fingerprint density at radius 3 is 2.23 bits per heavy atom. The van der Waals surface area contributed by atoms with Gasteiger partial charge in [0.15, 0.2) is 0 Å². The van der Waals surface area contributed by atoms with Crippen LogP contribution >= 0.6 is 0 Å². The summed E-state index contributed by atoms with van der Waals surface area (Å²) in [5, 5.41) is 2.65. The van der Waals surface area contributed by atoms with Crippen molar-refractivity contribution in [2.24, 2.45) is 0 Å². The van der Waals surface area contributed by atoms with Crippen molar-refractivity contribution in [1.82, 2.24) is 0 Å². The first-order chi connectivity index (χ1) is 12.3. The van der Waals surface area contributed by atoms with E-state index in [1.54, 1.807) is 18.2 Å². The third-order valence-corrected chi connectivity index (χ3v) is 3.21. The van der Waals surface area contributed by atoms with Gasteiger partial charge in [0.05, 0.1) is 19.9 Å². The smallest absolute Gasteiger partial charge is 0.497 e. The van der Waals surface area contributed by atoms with Crippen molar-refractivity contribution >= 4 is 17.7 Å². The molecule has 0 atom stereocenters. The van der Waals surface area contributed by atoms with Gasteiger partial charge in [-0.1, -0.05) is 12.1 Å². The molecule has 0 bridgehead atoms. The van der Waals surface area contributed by atoms with Gasteiger partial charge in [-0.3, -0.25) is 4.79 Å². The van der Waals surface area contributed by atoms with Crippen LogP contribution in [0.15, 0.2) is 48.5 Å². The number of nitrogens with one attached hydrogen (secondary N) is 1. The third-order valence-electron chi connectivity index (χ3n) is 3.21. The molecule has 0 aromatic heterocycles. The van der Waals surface area contributed by atoms with Crippen molar-refractivity contribution in [2.45, 2.75) is 6.36 Å². The molecule has 2 aromatic rings. The van der Waals surface area contributed by atoms with Gasteiger partial charge < -0.3 is 19.5 Å². The lowest BCUT2D eigenvalue weighted by molar-refractivity contribution is -0.274. The predicted molar refractivity (Wildman–Crippen MR) is 90.3 cm³/mol. The SMILES string of the molecule is COc1ccc(NC(=O)C=Cc2ccc(OC(F)(F)F)cc2)c(OC)c1. The van der Waals surface area contributed by atoms with E-state index in [1.807, 2.05) is 0 Å². The highest BCUT2D eigenvalue weighted by Crippen LogP contribution is 2.29. The van der Waals surface area contributed by atoms with Gasteiger partial charge in [-0.05, 0) is 35.9 Å². The Hall–Kier alpha value is -3.16. The molecule has 1 amide bonds. The van der Waals surface area contributed by atoms with E-state index < -0.39 is 12.3 Å². The molecule has 2 rings (SSSR count). The Bertz CT molecular complexity index is 786. The number of carbonyl (C=O) groups is 1. The third kappa shape index (κ3) is 5.73. The van der Waals surface area contributed by atoms with Crippen LogP contribution in [0.25, 0.3) is 6.08 Å². The van der Waals surface area contributed by atoms with Gasteiger partial charge in [0.25, 0.3) is 0 Å². The Balaban J connectivity index is 2.01. The van der Waals surface area contributed by atoms with Crippen LogP contribution in [-0.2, 0) is 4.79 Å². The first-order valence-corrected chi connectivity index (χ1v) is 7.37. The van der Waals surface area contributed by atoms with Crippen molar-refractivity contribution in [3.05, 3.63) is 54.1 Å². The highest BCUT2D eigenvalue weighted by Gasteiger charge is 2.30. The number of rotatable bonds is 6. The second-order valence-electron chi connectivity index (χ2n) is 5.01. The lowest BCUT2D eigenvalue weighted by Gasteiger charge is -2.10. The fourth-order valence-electron chi connectivity index (χ4n) is 2.03. The minimum atomic E-state index is -4.74. The number of carbonyl (C=O) groups excluding carboxylic acids is 1. The van der Waals surface area contributed by atoms with Gasteiger partial charge in [-0.25, -0.2) is 0 Å². The average Bonchev–Trinajstić information content (AvgIpc) is 2.60. The molecule has 8 heteroatoms. The van der Waals surface area contributed by atoms with Gasteiger partial charge in [0, 0.05) is 12.1 Å². The standard InChI is InChI=1S/C18H16F3NO4/c1-24-14-8-9-15(16(11-14)25-2)22-17(23)10-5-12-3-6-13(7-4-12)26-18(19,20)21/h3-11H,1-2H3,(H,22,23). The molecule has 0 aliphatic carbocycles. The largest absolute Gasteiger partial charge is 0.573 e. The zero-order valence-electron chi connectivity index (χ0n) is 14.0. The van der Waals surface area contributed by atoms with Crippen LogP contribution in [0.5, 0.6) is 17.2 Å². The average molecular weight is 367 g/mol. The van der Waals surface area contributed by atoms with Crippen molar-refractivity contribution in [2.75, 3.05) is 19.5 Å². The number of benzene rings is 2. The highest BCUT2D eigenvalue weighted by molar-refractivity contribution is 6.02. The summed E-state index contributed by atoms with van der Waals surface area (Å²) in [5.74, 6) is 0.252. The summed E-state index contributed by atoms with van der Waals surface area (Å²) in [6, 6.07) is 10.1. The fourth-order valence-corrected chi connectivity index (χ4v) is 2.03. The van der Waals surface area contributed by atoms with E-state index in [4.69, 9.17) is 9.47 Å². The highest BCUT2D eigenvalue weighted by atomic mass is 19.4. The zero-order valence-corrected chi connectivity index (χ0v) is 14.0. The van der Waals surface area contributed by atoms with E-state index in [1.165, 1.54) is 38.5 Å². The van der Waals surface area contributed by atoms with E-state index in [-0.39, 0.29) is 5.75 Å². The molecule has 138 valence electrons. The Morgan fingerprint density at radius 1 is 1.00 bits per heavy atom. The second-order valence-corrected chi connectivity index (χ2v) is 5.01. The van der Waals surface area contributed by atoms with Crippen molar-refractivity contribution in [1.29, 1.82) is 0 Å². The second kappa shape index (κ2) is 8.28. The molecule has 0 spiro atoms. The topological polar surface area (TPSA) is 56.8 Å². The maximum atomic E-state index is 12.1. The normalized spacial score (nSPS) is 11.3. The van der Waals surface area contributed by atoms with Crippen LogP contribution in [-0.4, -0.2) is 26.5 Å². The van der Waals surface area contributed by atoms with Gasteiger partial charge in [-0.2, -0.15) is 0 Å². The Morgan fingerprint density at radius 2 is 1.65 bits per heavy atom. The van der Waals surface area contributed by atoms with Crippen LogP contribution in [0, 0.1) is 0 Å². The summed E-state index contributed by atoms with van der Waals surface area (Å²) >= 11 is 0. The molecular weight excluding hydrogens is 351 g/mol. The Kier molecular flexibility index (Phi) is 6.11. The molecule has 0 radical (unpaired) electrons. The van der Waals surface area contributed by atoms with Crippen molar-refractivity contribution < 1.29 is 32.2 Å². The van der Waals surface area contributed by atoms with Gasteiger partial charge >= 0.3 is 6.36 Å². The molecule has 0 aliphatic heterocycles. The van der Waals surface area contributed by atoms with Crippen LogP contribution < -0.4 is 19.5 Å². The number of ether oxygens (including phenoxy) is 3. The molecule has 0 fully saturated rings. The predicted octanol–water partition coefficient (Wildman–Crippen LogP) is 4.25. The summed E-state index contributed by atoms with van der Waals surface area (Å²) in [6.07, 6.45) is -2.03. The van der Waals surface area contributed by atoms with Crippen LogP contribution in [0.2, 0.25) is 0 Å². The summed E-state index contributed by atoms with van der Waals surface area (Å²) < 4.78 is 50.3. The number of halogens is 3. The molecule has 5 nitrogen and oxygen atoms in total. The minimum absolute atomic E-state index is 0.331. The maximum Gasteiger partial charge on any atom is 0.573 e. The zero-order chi connectivity index (χ0) is 19.2. The number of alkyl halides is 3. The molecule has 0 unspecified atom stereocenters. The molecule has 0 saturated heterocycles. The maximum absolute atomic E-state index is 12.1. The first kappa shape index (κ1) is 19.2. The van der Waals surface area contributed by atoms with E-state index in [0.717, 1.165) is 12.1 Å². The van der Waals surface area contributed by atoms with Crippen LogP contribution in [0.3, 0.4) is 0 Å². The van der Waals surface area contributed by atoms with Crippen molar-refractivity contribution in [3.63, 3.8) is 0 Å². The quantitative estimate of drug-likeness (QED) is 0.776. The number of methoxy groups -OCH3 is 2. The summed E-state index contributed by atoms with van der Waals surface area (Å²) in [6.45, 7) is 0. The molecular formula is C18H16F3NO4. The molecule has 0 aliphatic rings. The van der Waals surface area contributed by atoms with Gasteiger partial charge in [0.2, 0.25) is 5.91 Å². The van der Waals surface area contributed by atoms with E-state index in [2.05, 4.69) is 10.1 Å². The lowest BCUT2D eigenvalue weighted by atomic mass is 10.2. The van der Waals surface area contributed by atoms with Gasteiger partial charge in [-0.15, -0.1) is 13.2 Å². The molecule has 0 heterocycles. The van der Waals surface area contributed by atoms with E-state index >= 15 is 0 Å². The summed E-state index contributed by atoms with van der Waals surface area (Å²) in [5.41, 5.74) is 0.994. The minimum Gasteiger partial charge on any atom is -0.497 e. The molecule has 1 N–H and O–H groups in total. The van der Waals surface area contributed by atoms with E-state index in [9.17, 15) is 18.0 Å². The number of anilines is 1. The number of hydrogen-bond acceptors (Lipinski definition) is 4. The first-order valence-electron chi connectivity index (χ1n) is 7.37. The van der Waals surface area contributed by atoms with Crippen LogP contribution in [0.4, 0.5) is 18.9 Å². The molecule has 2 aromatic carbocycles. The lowest BCUT2D eigenvalue weighted by Crippen LogP contribution is -2.16. The number of amides is 1. The van der Waals surface area contributed by atoms with E-state index in [0.29, 0.717) is 22.7 Å². The summed E-state index contributed by atoms with van der Waals surface area (Å²) in [4.78, 5) is 12.0. The fraction of sp³-hybridized carbons (Fsp3) is 0.167. The van der Waals surface area contributed by atoms with Gasteiger partial charge in [0.1, 0.15) is 17.2 Å². The molecule has 0 saturated carbocycles. The monoisotopic (exact) mass is 367 g/mol. The Labute approximate surface area is 148 Å². The van der Waals surface area contributed by atoms with Crippen LogP contribution in [0.1, 0.15) is 5.56 Å². The summed E-state index contributed by atoms with van der Waals surface area (Å²) in [7, 11) is 2.98. The van der Waals surface area contributed by atoms with Crippen molar-refractivity contribution in [3.8, 4) is 17.2 Å². The number of hydrogen-bond donors (Lipinski definition) is 1. The molecule has 26 heavy (non-hydrogen) atoms.